The number of nitrogens with zero attached hydrogens (tertiary/aromatic N) is 1. The van der Waals surface area contributed by atoms with Gasteiger partial charge in [0.15, 0.2) is 0 Å². The first kappa shape index (κ1) is 17.0. The van der Waals surface area contributed by atoms with Gasteiger partial charge in [-0.1, -0.05) is 42.5 Å². The third-order valence-electron chi connectivity index (χ3n) is 4.34. The van der Waals surface area contributed by atoms with Gasteiger partial charge in [0.2, 0.25) is 0 Å². The lowest BCUT2D eigenvalue weighted by molar-refractivity contribution is 0.473. The number of hydrogen-bond acceptors (Lipinski definition) is 5. The molecule has 0 fully saturated rings. The fourth-order valence-electron chi connectivity index (χ4n) is 2.84. The van der Waals surface area contributed by atoms with Gasteiger partial charge in [-0.3, -0.25) is 0 Å². The third kappa shape index (κ3) is 4.61. The lowest BCUT2D eigenvalue weighted by atomic mass is 9.99. The van der Waals surface area contributed by atoms with Gasteiger partial charge >= 0.3 is 0 Å². The maximum absolute atomic E-state index is 9.36. The van der Waals surface area contributed by atoms with Crippen LogP contribution in [0.5, 0.6) is 5.75 Å². The Balaban J connectivity index is 1.64. The number of nitrogens with two attached hydrogens (primary N) is 1. The second-order valence-corrected chi connectivity index (χ2v) is 6.39. The van der Waals surface area contributed by atoms with Gasteiger partial charge in [-0.15, -0.1) is 0 Å². The normalized spacial score (nSPS) is 20.5. The second-order valence-electron chi connectivity index (χ2n) is 6.39. The number of benzene rings is 2. The van der Waals surface area contributed by atoms with Gasteiger partial charge in [-0.25, -0.2) is 4.99 Å². The number of phenols is 1. The number of aromatic hydroxyl groups is 1. The Kier molecular flexibility index (Phi) is 5.05. The Morgan fingerprint density at radius 2 is 1.88 bits per heavy atom. The van der Waals surface area contributed by atoms with Crippen LogP contribution < -0.4 is 16.4 Å². The van der Waals surface area contributed by atoms with Crippen LogP contribution in [0.25, 0.3) is 0 Å². The van der Waals surface area contributed by atoms with Crippen molar-refractivity contribution in [3.8, 4) is 5.75 Å². The summed E-state index contributed by atoms with van der Waals surface area (Å²) < 4.78 is 0. The van der Waals surface area contributed by atoms with Gasteiger partial charge in [0, 0.05) is 6.04 Å². The molecule has 2 atom stereocenters. The average molecular weight is 336 g/mol. The van der Waals surface area contributed by atoms with Crippen LogP contribution in [0.1, 0.15) is 30.5 Å². The van der Waals surface area contributed by atoms with E-state index in [1.807, 2.05) is 36.4 Å². The molecule has 0 aromatic heterocycles. The highest BCUT2D eigenvalue weighted by atomic mass is 16.3. The summed E-state index contributed by atoms with van der Waals surface area (Å²) >= 11 is 0. The summed E-state index contributed by atoms with van der Waals surface area (Å²) in [4.78, 5) is 4.40. The first-order valence-corrected chi connectivity index (χ1v) is 8.45. The Bertz CT molecular complexity index is 755. The van der Waals surface area contributed by atoms with Gasteiger partial charge in [-0.05, 0) is 49.1 Å². The van der Waals surface area contributed by atoms with Crippen LogP contribution in [-0.2, 0) is 6.42 Å². The van der Waals surface area contributed by atoms with Crippen LogP contribution in [0.15, 0.2) is 71.5 Å². The van der Waals surface area contributed by atoms with Crippen LogP contribution in [0.4, 0.5) is 0 Å². The van der Waals surface area contributed by atoms with Crippen LogP contribution in [-0.4, -0.2) is 17.1 Å². The highest BCUT2D eigenvalue weighted by molar-refractivity contribution is 5.60. The SMILES string of the molecule is C[C@H](NC1=CC(N)(CCc2ccc(O)cc2)N=CN1)c1ccccc1. The van der Waals surface area contributed by atoms with Crippen molar-refractivity contribution in [1.82, 2.24) is 10.6 Å². The number of aryl methyl sites for hydroxylation is 1. The molecule has 0 spiro atoms. The fourth-order valence-corrected chi connectivity index (χ4v) is 2.84. The van der Waals surface area contributed by atoms with Crippen molar-refractivity contribution in [2.24, 2.45) is 10.7 Å². The maximum Gasteiger partial charge on any atom is 0.132 e. The van der Waals surface area contributed by atoms with Crippen LogP contribution >= 0.6 is 0 Å². The lowest BCUT2D eigenvalue weighted by Gasteiger charge is -2.28. The van der Waals surface area contributed by atoms with Crippen molar-refractivity contribution in [3.05, 3.63) is 77.6 Å². The predicted octanol–water partition coefficient (Wildman–Crippen LogP) is 2.80. The van der Waals surface area contributed by atoms with Crippen LogP contribution in [0.3, 0.4) is 0 Å². The maximum atomic E-state index is 9.36. The molecule has 1 aliphatic rings. The zero-order valence-corrected chi connectivity index (χ0v) is 14.3. The molecular weight excluding hydrogens is 312 g/mol. The topological polar surface area (TPSA) is 82.7 Å². The molecule has 25 heavy (non-hydrogen) atoms. The molecule has 0 saturated heterocycles. The molecule has 0 radical (unpaired) electrons. The molecule has 130 valence electrons. The van der Waals surface area contributed by atoms with E-state index in [0.717, 1.165) is 17.8 Å². The van der Waals surface area contributed by atoms with Crippen molar-refractivity contribution >= 4 is 6.34 Å². The summed E-state index contributed by atoms with van der Waals surface area (Å²) in [6.07, 6.45) is 5.05. The summed E-state index contributed by atoms with van der Waals surface area (Å²) in [5, 5.41) is 15.9. The fraction of sp³-hybridized carbons (Fsp3) is 0.250. The van der Waals surface area contributed by atoms with Gasteiger partial charge in [0.1, 0.15) is 17.2 Å². The number of nitrogens with one attached hydrogen (secondary N) is 2. The molecule has 5 heteroatoms. The monoisotopic (exact) mass is 336 g/mol. The minimum absolute atomic E-state index is 0.160. The summed E-state index contributed by atoms with van der Waals surface area (Å²) in [6.45, 7) is 2.11. The molecule has 0 bridgehead atoms. The van der Waals surface area contributed by atoms with Crippen LogP contribution in [0.2, 0.25) is 0 Å². The molecule has 0 saturated carbocycles. The number of rotatable bonds is 6. The molecule has 2 aromatic carbocycles. The number of phenolic OH excluding ortho intramolecular Hbond substituents is 1. The standard InChI is InChI=1S/C20H24N4O/c1-15(17-5-3-2-4-6-17)24-19-13-20(21,23-14-22-19)12-11-16-7-9-18(25)10-8-16/h2-10,13-15,24-25H,11-12,21H2,1H3,(H,22,23)/t15-,20?/m0/s1. The highest BCUT2D eigenvalue weighted by Gasteiger charge is 2.24. The van der Waals surface area contributed by atoms with E-state index < -0.39 is 5.66 Å². The molecule has 2 aromatic rings. The third-order valence-corrected chi connectivity index (χ3v) is 4.34. The predicted molar refractivity (Wildman–Crippen MR) is 101 cm³/mol. The molecule has 1 heterocycles. The van der Waals surface area contributed by atoms with Gasteiger partial charge in [0.05, 0.1) is 6.34 Å². The molecule has 5 N–H and O–H groups in total. The summed E-state index contributed by atoms with van der Waals surface area (Å²) in [6, 6.07) is 17.6. The van der Waals surface area contributed by atoms with E-state index in [2.05, 4.69) is 34.7 Å². The Morgan fingerprint density at radius 3 is 2.60 bits per heavy atom. The Hall–Kier alpha value is -2.79. The van der Waals surface area contributed by atoms with Crippen LogP contribution in [0, 0.1) is 0 Å². The average Bonchev–Trinajstić information content (AvgIpc) is 2.62. The highest BCUT2D eigenvalue weighted by Crippen LogP contribution is 2.20. The minimum Gasteiger partial charge on any atom is -0.508 e. The zero-order valence-electron chi connectivity index (χ0n) is 14.3. The summed E-state index contributed by atoms with van der Waals surface area (Å²) in [7, 11) is 0. The zero-order chi connectivity index (χ0) is 17.7. The van der Waals surface area contributed by atoms with Crippen molar-refractivity contribution in [1.29, 1.82) is 0 Å². The van der Waals surface area contributed by atoms with Gasteiger partial charge < -0.3 is 21.5 Å². The van der Waals surface area contributed by atoms with E-state index in [1.54, 1.807) is 18.5 Å². The molecule has 3 rings (SSSR count). The van der Waals surface area contributed by atoms with Crippen molar-refractivity contribution in [3.63, 3.8) is 0 Å². The Morgan fingerprint density at radius 1 is 1.16 bits per heavy atom. The van der Waals surface area contributed by atoms with E-state index >= 15 is 0 Å². The molecule has 0 aliphatic carbocycles. The van der Waals surface area contributed by atoms with E-state index in [1.165, 1.54) is 5.56 Å². The lowest BCUT2D eigenvalue weighted by Crippen LogP contribution is -2.43. The smallest absolute Gasteiger partial charge is 0.132 e. The second kappa shape index (κ2) is 7.40. The van der Waals surface area contributed by atoms with E-state index in [0.29, 0.717) is 6.42 Å². The molecule has 1 aliphatic heterocycles. The first-order chi connectivity index (χ1) is 12.0. The molecule has 0 amide bonds. The van der Waals surface area contributed by atoms with Gasteiger partial charge in [-0.2, -0.15) is 0 Å². The first-order valence-electron chi connectivity index (χ1n) is 8.45. The molecule has 1 unspecified atom stereocenters. The van der Waals surface area contributed by atoms with E-state index in [-0.39, 0.29) is 11.8 Å². The van der Waals surface area contributed by atoms with E-state index in [4.69, 9.17) is 5.73 Å². The van der Waals surface area contributed by atoms with Gasteiger partial charge in [0.25, 0.3) is 0 Å². The minimum atomic E-state index is -0.748. The van der Waals surface area contributed by atoms with E-state index in [9.17, 15) is 5.11 Å². The summed E-state index contributed by atoms with van der Waals surface area (Å²) in [5.74, 6) is 1.13. The Labute approximate surface area is 148 Å². The van der Waals surface area contributed by atoms with Crippen molar-refractivity contribution in [2.45, 2.75) is 31.5 Å². The molecular formula is C20H24N4O. The summed E-state index contributed by atoms with van der Waals surface area (Å²) in [5.41, 5.74) is 8.02. The van der Waals surface area contributed by atoms with Crippen molar-refractivity contribution < 1.29 is 5.11 Å². The van der Waals surface area contributed by atoms with Crippen molar-refractivity contribution in [2.75, 3.05) is 0 Å². The molecule has 5 nitrogen and oxygen atoms in total. The number of aliphatic imine (C=N–C) groups is 1. The number of hydrogen-bond donors (Lipinski definition) is 4. The largest absolute Gasteiger partial charge is 0.508 e. The quantitative estimate of drug-likeness (QED) is 0.654.